The van der Waals surface area contributed by atoms with E-state index < -0.39 is 0 Å². The molecule has 3 rings (SSSR count). The van der Waals surface area contributed by atoms with Crippen molar-refractivity contribution < 1.29 is 57.7 Å². The predicted octanol–water partition coefficient (Wildman–Crippen LogP) is -2.60. The molecule has 0 aromatic heterocycles. The molecule has 0 amide bonds. The van der Waals surface area contributed by atoms with Gasteiger partial charge in [0.25, 0.3) is 0 Å². The molecule has 0 unspecified atom stereocenters. The zero-order valence-electron chi connectivity index (χ0n) is 16.4. The molecule has 0 radical (unpaired) electrons. The Kier molecular flexibility index (Phi) is 9.63. The van der Waals surface area contributed by atoms with Crippen molar-refractivity contribution in [3.8, 4) is 0 Å². The Morgan fingerprint density at radius 3 is 1.22 bits per heavy atom. The van der Waals surface area contributed by atoms with Crippen LogP contribution in [0.4, 0.5) is 0 Å². The third-order valence-electron chi connectivity index (χ3n) is 6.26. The second-order valence-corrected chi connectivity index (χ2v) is 8.28. The van der Waals surface area contributed by atoms with Crippen LogP contribution >= 0.6 is 0 Å². The Hall–Kier alpha value is -0.496. The quantitative estimate of drug-likeness (QED) is 0.446. The molecular weight excluding hydrogens is 430 g/mol. The van der Waals surface area contributed by atoms with Crippen LogP contribution in [-0.2, 0) is 25.9 Å². The maximum Gasteiger partial charge on any atom is -1.00 e. The minimum Gasteiger partial charge on any atom is -1.00 e. The van der Waals surface area contributed by atoms with E-state index in [0.717, 1.165) is 0 Å². The van der Waals surface area contributed by atoms with Crippen LogP contribution in [0.2, 0.25) is 3.72 Å². The van der Waals surface area contributed by atoms with E-state index in [4.69, 9.17) is 0 Å². The molecule has 0 heterocycles. The molecule has 1 aliphatic carbocycles. The van der Waals surface area contributed by atoms with Crippen molar-refractivity contribution in [3.05, 3.63) is 94.1 Å². The van der Waals surface area contributed by atoms with E-state index in [2.05, 4.69) is 116 Å². The fraction of sp³-hybridized carbons (Fsp3) is 0.304. The summed E-state index contributed by atoms with van der Waals surface area (Å²) in [4.78, 5) is 0. The van der Waals surface area contributed by atoms with Crippen LogP contribution in [0.1, 0.15) is 45.7 Å². The summed E-state index contributed by atoms with van der Waals surface area (Å²) in [7, 11) is 0. The van der Waals surface area contributed by atoms with Crippen LogP contribution in [-0.4, -0.2) is 0 Å². The van der Waals surface area contributed by atoms with Gasteiger partial charge in [-0.1, -0.05) is 0 Å². The first-order valence-electron chi connectivity index (χ1n) is 8.57. The fourth-order valence-electron chi connectivity index (χ4n) is 4.30. The van der Waals surface area contributed by atoms with Crippen LogP contribution in [0, 0.1) is 0 Å². The SMILES string of the molecule is CC1=C(C)[C]([Ti+3])(C(C)(c2ccccc2)c2ccccc2)C(C)=C1C.[Cl-].[Cl-].[Cl-]. The van der Waals surface area contributed by atoms with Crippen molar-refractivity contribution in [2.45, 2.75) is 43.8 Å². The zero-order chi connectivity index (χ0) is 17.5. The Morgan fingerprint density at radius 1 is 0.630 bits per heavy atom. The summed E-state index contributed by atoms with van der Waals surface area (Å²) >= 11 is 2.43. The van der Waals surface area contributed by atoms with Crippen LogP contribution in [0.25, 0.3) is 0 Å². The maximum absolute atomic E-state index is 2.43. The second-order valence-electron chi connectivity index (χ2n) is 7.11. The standard InChI is InChI=1S/C23H25.3ClH.Ti/c1-16-17(2)19(4)22(18(16)3)23(5,20-12-8-6-9-13-20)21-14-10-7-11-15-21;;;;/h6-15H,1-5H3;3*1H;/q;;;;+3/p-3. The van der Waals surface area contributed by atoms with Gasteiger partial charge in [0.05, 0.1) is 0 Å². The molecule has 0 bridgehead atoms. The van der Waals surface area contributed by atoms with Gasteiger partial charge >= 0.3 is 158 Å². The van der Waals surface area contributed by atoms with Gasteiger partial charge < -0.3 is 37.2 Å². The van der Waals surface area contributed by atoms with Gasteiger partial charge in [-0.15, -0.1) is 0 Å². The van der Waals surface area contributed by atoms with Gasteiger partial charge in [-0.25, -0.2) is 0 Å². The number of benzene rings is 2. The zero-order valence-corrected chi connectivity index (χ0v) is 20.2. The monoisotopic (exact) mass is 454 g/mol. The molecule has 0 fully saturated rings. The largest absolute Gasteiger partial charge is 1.00 e. The Balaban J connectivity index is 0.00000225. The summed E-state index contributed by atoms with van der Waals surface area (Å²) in [5.74, 6) is 0. The molecule has 0 N–H and O–H groups in total. The van der Waals surface area contributed by atoms with E-state index in [9.17, 15) is 0 Å². The molecule has 0 aliphatic heterocycles. The fourth-order valence-corrected chi connectivity index (χ4v) is 5.34. The number of rotatable bonds is 3. The molecule has 0 spiro atoms. The van der Waals surface area contributed by atoms with Gasteiger partial charge in [0, 0.05) is 0 Å². The van der Waals surface area contributed by atoms with Gasteiger partial charge in [0.2, 0.25) is 0 Å². The third kappa shape index (κ3) is 3.85. The molecule has 142 valence electrons. The molecule has 2 aromatic rings. The van der Waals surface area contributed by atoms with Crippen LogP contribution in [0.3, 0.4) is 0 Å². The van der Waals surface area contributed by atoms with Crippen LogP contribution < -0.4 is 37.2 Å². The first kappa shape index (κ1) is 26.5. The van der Waals surface area contributed by atoms with Gasteiger partial charge in [-0.05, 0) is 0 Å². The molecule has 0 saturated carbocycles. The number of hydrogen-bond donors (Lipinski definition) is 0. The van der Waals surface area contributed by atoms with Crippen molar-refractivity contribution in [1.29, 1.82) is 0 Å². The summed E-state index contributed by atoms with van der Waals surface area (Å²) < 4.78 is -0.0239. The Bertz CT molecular complexity index is 760. The molecule has 0 saturated heterocycles. The van der Waals surface area contributed by atoms with E-state index in [0.29, 0.717) is 0 Å². The molecule has 0 nitrogen and oxygen atoms in total. The molecule has 27 heavy (non-hydrogen) atoms. The van der Waals surface area contributed by atoms with Crippen molar-refractivity contribution in [3.63, 3.8) is 0 Å². The Morgan fingerprint density at radius 2 is 0.926 bits per heavy atom. The van der Waals surface area contributed by atoms with Crippen molar-refractivity contribution in [2.24, 2.45) is 0 Å². The predicted molar refractivity (Wildman–Crippen MR) is 98.8 cm³/mol. The van der Waals surface area contributed by atoms with Crippen LogP contribution in [0.15, 0.2) is 83.0 Å². The smallest absolute Gasteiger partial charge is 1.00 e. The van der Waals surface area contributed by atoms with Gasteiger partial charge in [0.1, 0.15) is 0 Å². The number of hydrogen-bond acceptors (Lipinski definition) is 0. The van der Waals surface area contributed by atoms with E-state index >= 15 is 0 Å². The first-order chi connectivity index (χ1) is 11.3. The topological polar surface area (TPSA) is 0 Å². The van der Waals surface area contributed by atoms with Gasteiger partial charge in [-0.3, -0.25) is 0 Å². The van der Waals surface area contributed by atoms with Crippen LogP contribution in [0.5, 0.6) is 0 Å². The van der Waals surface area contributed by atoms with E-state index in [1.165, 1.54) is 33.4 Å². The summed E-state index contributed by atoms with van der Waals surface area (Å²) in [6.45, 7) is 11.6. The average molecular weight is 456 g/mol. The van der Waals surface area contributed by atoms with E-state index in [-0.39, 0.29) is 46.4 Å². The summed E-state index contributed by atoms with van der Waals surface area (Å²) in [6.07, 6.45) is 0. The number of allylic oxidation sites excluding steroid dienone is 4. The van der Waals surface area contributed by atoms with Crippen molar-refractivity contribution in [1.82, 2.24) is 0 Å². The summed E-state index contributed by atoms with van der Waals surface area (Å²) in [5.41, 5.74) is 8.53. The maximum atomic E-state index is 2.43. The van der Waals surface area contributed by atoms with Crippen molar-refractivity contribution in [2.75, 3.05) is 0 Å². The van der Waals surface area contributed by atoms with Gasteiger partial charge in [0.15, 0.2) is 0 Å². The Labute approximate surface area is 194 Å². The molecular formula is C23H25Cl3Ti. The summed E-state index contributed by atoms with van der Waals surface area (Å²) in [5, 5.41) is 0. The van der Waals surface area contributed by atoms with E-state index in [1.807, 2.05) is 0 Å². The molecule has 1 aliphatic rings. The first-order valence-corrected chi connectivity index (χ1v) is 9.35. The second kappa shape index (κ2) is 9.81. The summed E-state index contributed by atoms with van der Waals surface area (Å²) in [6, 6.07) is 22.0. The minimum atomic E-state index is -0.108. The third-order valence-corrected chi connectivity index (χ3v) is 8.22. The van der Waals surface area contributed by atoms with E-state index in [1.54, 1.807) is 0 Å². The van der Waals surface area contributed by atoms with Crippen molar-refractivity contribution >= 4 is 0 Å². The number of halogens is 3. The minimum absolute atomic E-state index is 0. The molecule has 0 atom stereocenters. The normalized spacial score (nSPS) is 15.7. The molecule has 4 heteroatoms. The molecule has 2 aromatic carbocycles. The van der Waals surface area contributed by atoms with Gasteiger partial charge in [-0.2, -0.15) is 0 Å². The average Bonchev–Trinajstić information content (AvgIpc) is 2.79.